The van der Waals surface area contributed by atoms with Gasteiger partial charge >= 0.3 is 0 Å². The van der Waals surface area contributed by atoms with Gasteiger partial charge in [-0.05, 0) is 11.2 Å². The van der Waals surface area contributed by atoms with Gasteiger partial charge in [-0.3, -0.25) is 0 Å². The number of hydrogen-bond donors (Lipinski definition) is 0. The van der Waals surface area contributed by atoms with Crippen molar-refractivity contribution >= 4 is 35.2 Å². The fraction of sp³-hybridized carbons (Fsp3) is 0.643. The lowest BCUT2D eigenvalue weighted by atomic mass is 10.5. The smallest absolute Gasteiger partial charge is 0.117 e. The van der Waals surface area contributed by atoms with Gasteiger partial charge in [0, 0.05) is 14.0 Å². The van der Waals surface area contributed by atoms with Gasteiger partial charge in [-0.25, -0.2) is 0 Å². The van der Waals surface area contributed by atoms with Crippen molar-refractivity contribution in [3.8, 4) is 11.5 Å². The Kier molecular flexibility index (Phi) is 8.92. The zero-order valence-electron chi connectivity index (χ0n) is 13.5. The molecule has 0 aromatic carbocycles. The first kappa shape index (κ1) is 17.9. The van der Waals surface area contributed by atoms with E-state index in [0.29, 0.717) is 0 Å². The first-order valence-corrected chi connectivity index (χ1v) is 19.0. The van der Waals surface area contributed by atoms with Crippen molar-refractivity contribution in [1.82, 2.24) is 0 Å². The van der Waals surface area contributed by atoms with Crippen LogP contribution in [0.25, 0.3) is 0 Å². The monoisotopic (exact) mass is 310 g/mol. The third-order valence-corrected chi connectivity index (χ3v) is 8.36. The summed E-state index contributed by atoms with van der Waals surface area (Å²) in [4.78, 5) is 0. The van der Waals surface area contributed by atoms with Crippen LogP contribution in [0, 0.1) is 11.5 Å². The van der Waals surface area contributed by atoms with Gasteiger partial charge in [0.1, 0.15) is 8.80 Å². The van der Waals surface area contributed by atoms with Gasteiger partial charge < -0.3 is 0 Å². The molecule has 0 aromatic heterocycles. The molecule has 0 saturated heterocycles. The summed E-state index contributed by atoms with van der Waals surface area (Å²) in [5.41, 5.74) is 7.24. The number of hydrogen-bond acceptors (Lipinski definition) is 0. The number of rotatable bonds is 4. The molecular weight excluding hydrogens is 280 g/mol. The fourth-order valence-electron chi connectivity index (χ4n) is 1.59. The van der Waals surface area contributed by atoms with Gasteiger partial charge in [-0.15, -0.1) is 11.3 Å². The second kappa shape index (κ2) is 8.95. The molecule has 102 valence electrons. The first-order chi connectivity index (χ1) is 8.23. The SMILES string of the molecule is C[SiH](C)C#CC(=C=C(C[SiH](C)C)[SiH](C)C)[SiH](C)C. The Hall–Kier alpha value is -0.0525. The van der Waals surface area contributed by atoms with E-state index >= 15 is 0 Å². The minimum atomic E-state index is -0.816. The summed E-state index contributed by atoms with van der Waals surface area (Å²) in [6.45, 7) is 19.1. The summed E-state index contributed by atoms with van der Waals surface area (Å²) in [6.07, 6.45) is 0. The van der Waals surface area contributed by atoms with Crippen LogP contribution in [0.4, 0.5) is 0 Å². The Labute approximate surface area is 121 Å². The van der Waals surface area contributed by atoms with E-state index in [4.69, 9.17) is 0 Å². The van der Waals surface area contributed by atoms with Crippen LogP contribution in [0.3, 0.4) is 0 Å². The predicted molar refractivity (Wildman–Crippen MR) is 98.6 cm³/mol. The van der Waals surface area contributed by atoms with Crippen LogP contribution in [0.1, 0.15) is 0 Å². The molecule has 0 fully saturated rings. The van der Waals surface area contributed by atoms with Gasteiger partial charge in [0.2, 0.25) is 0 Å². The van der Waals surface area contributed by atoms with Crippen molar-refractivity contribution in [3.05, 3.63) is 16.1 Å². The van der Waals surface area contributed by atoms with Crippen LogP contribution in [-0.4, -0.2) is 35.2 Å². The fourth-order valence-corrected chi connectivity index (χ4v) is 7.94. The van der Waals surface area contributed by atoms with Crippen LogP contribution in [0.5, 0.6) is 0 Å². The van der Waals surface area contributed by atoms with Crippen molar-refractivity contribution in [1.29, 1.82) is 0 Å². The topological polar surface area (TPSA) is 0 Å². The second-order valence-electron chi connectivity index (χ2n) is 6.40. The average molecular weight is 311 g/mol. The highest BCUT2D eigenvalue weighted by Gasteiger charge is 2.09. The lowest BCUT2D eigenvalue weighted by Gasteiger charge is -2.10. The summed E-state index contributed by atoms with van der Waals surface area (Å²) >= 11 is 0. The van der Waals surface area contributed by atoms with E-state index in [2.05, 4.69) is 69.6 Å². The molecule has 0 aliphatic heterocycles. The molecule has 0 aromatic rings. The van der Waals surface area contributed by atoms with Gasteiger partial charge in [0.15, 0.2) is 0 Å². The van der Waals surface area contributed by atoms with E-state index in [9.17, 15) is 0 Å². The Morgan fingerprint density at radius 2 is 1.39 bits per heavy atom. The van der Waals surface area contributed by atoms with Crippen LogP contribution < -0.4 is 0 Å². The van der Waals surface area contributed by atoms with Gasteiger partial charge in [0.05, 0.1) is 17.6 Å². The molecule has 0 radical (unpaired) electrons. The Balaban J connectivity index is 5.50. The van der Waals surface area contributed by atoms with E-state index in [-0.39, 0.29) is 0 Å². The Morgan fingerprint density at radius 1 is 0.833 bits per heavy atom. The third kappa shape index (κ3) is 8.12. The first-order valence-electron chi connectivity index (χ1n) is 7.25. The Bertz CT molecular complexity index is 374. The molecule has 0 nitrogen and oxygen atoms in total. The maximum absolute atomic E-state index is 3.78. The van der Waals surface area contributed by atoms with E-state index in [1.807, 2.05) is 0 Å². The minimum Gasteiger partial charge on any atom is -0.131 e. The largest absolute Gasteiger partial charge is 0.131 e. The molecule has 0 aliphatic rings. The summed E-state index contributed by atoms with van der Waals surface area (Å²) in [5.74, 6) is 3.47. The molecule has 4 heteroatoms. The van der Waals surface area contributed by atoms with Gasteiger partial charge in [0.25, 0.3) is 0 Å². The van der Waals surface area contributed by atoms with E-state index in [1.54, 1.807) is 5.20 Å². The quantitative estimate of drug-likeness (QED) is 0.425. The summed E-state index contributed by atoms with van der Waals surface area (Å²) < 4.78 is 0. The maximum atomic E-state index is 3.78. The molecular formula is C14H30Si4. The standard InChI is InChI=1S/C14H30Si4/c1-15(2)10-9-13(17(5)6)11-14(18(7)8)12-16(3)4/h15-18H,12H2,1-8H3. The van der Waals surface area contributed by atoms with Crippen LogP contribution >= 0.6 is 0 Å². The molecule has 18 heavy (non-hydrogen) atoms. The van der Waals surface area contributed by atoms with Crippen molar-refractivity contribution in [2.75, 3.05) is 0 Å². The van der Waals surface area contributed by atoms with Crippen molar-refractivity contribution < 1.29 is 0 Å². The van der Waals surface area contributed by atoms with Crippen molar-refractivity contribution in [3.63, 3.8) is 0 Å². The highest BCUT2D eigenvalue weighted by Crippen LogP contribution is 2.11. The highest BCUT2D eigenvalue weighted by molar-refractivity contribution is 6.70. The van der Waals surface area contributed by atoms with Gasteiger partial charge in [-0.1, -0.05) is 58.3 Å². The molecule has 0 saturated carbocycles. The lowest BCUT2D eigenvalue weighted by Crippen LogP contribution is -2.13. The summed E-state index contributed by atoms with van der Waals surface area (Å²) in [7, 11) is -2.79. The Morgan fingerprint density at radius 3 is 1.72 bits per heavy atom. The average Bonchev–Trinajstić information content (AvgIpc) is 2.20. The molecule has 0 aliphatic carbocycles. The second-order valence-corrected chi connectivity index (χ2v) is 18.1. The normalized spacial score (nSPS) is 10.7. The van der Waals surface area contributed by atoms with E-state index in [0.717, 1.165) is 0 Å². The lowest BCUT2D eigenvalue weighted by molar-refractivity contribution is 1.52. The summed E-state index contributed by atoms with van der Waals surface area (Å²) in [5, 5.41) is 3.05. The molecule has 0 N–H and O–H groups in total. The highest BCUT2D eigenvalue weighted by atomic mass is 28.3. The molecule has 0 rings (SSSR count). The van der Waals surface area contributed by atoms with Gasteiger partial charge in [-0.2, -0.15) is 0 Å². The van der Waals surface area contributed by atoms with E-state index in [1.165, 1.54) is 11.2 Å². The molecule has 0 amide bonds. The molecule has 0 atom stereocenters. The molecule has 0 unspecified atom stereocenters. The predicted octanol–water partition coefficient (Wildman–Crippen LogP) is 3.01. The maximum Gasteiger partial charge on any atom is 0.117 e. The van der Waals surface area contributed by atoms with Crippen LogP contribution in [-0.2, 0) is 0 Å². The van der Waals surface area contributed by atoms with Crippen molar-refractivity contribution in [2.24, 2.45) is 0 Å². The van der Waals surface area contributed by atoms with Crippen LogP contribution in [0.15, 0.2) is 16.1 Å². The minimum absolute atomic E-state index is 0.517. The summed E-state index contributed by atoms with van der Waals surface area (Å²) in [6, 6.07) is 1.36. The van der Waals surface area contributed by atoms with E-state index < -0.39 is 35.2 Å². The zero-order chi connectivity index (χ0) is 14.3. The third-order valence-electron chi connectivity index (χ3n) is 2.69. The zero-order valence-corrected chi connectivity index (χ0v) is 18.1. The molecule has 0 heterocycles. The molecule has 0 bridgehead atoms. The number of allylic oxidation sites excluding steroid dienone is 1. The molecule has 0 spiro atoms. The van der Waals surface area contributed by atoms with Crippen molar-refractivity contribution in [2.45, 2.75) is 58.4 Å². The van der Waals surface area contributed by atoms with Crippen LogP contribution in [0.2, 0.25) is 58.4 Å².